The van der Waals surface area contributed by atoms with Crippen LogP contribution >= 0.6 is 0 Å². The second-order valence-electron chi connectivity index (χ2n) is 6.02. The largest absolute Gasteiger partial charge is 0.376 e. The summed E-state index contributed by atoms with van der Waals surface area (Å²) in [6, 6.07) is 7.42. The molecule has 2 aliphatic rings. The number of rotatable bonds is 4. The molecule has 0 spiro atoms. The van der Waals surface area contributed by atoms with Gasteiger partial charge in [0.25, 0.3) is 0 Å². The third-order valence-electron chi connectivity index (χ3n) is 4.68. The van der Waals surface area contributed by atoms with Crippen molar-refractivity contribution in [1.82, 2.24) is 5.32 Å². The maximum Gasteiger partial charge on any atom is 0.0795 e. The van der Waals surface area contributed by atoms with Crippen LogP contribution in [-0.4, -0.2) is 19.3 Å². The van der Waals surface area contributed by atoms with Crippen molar-refractivity contribution in [2.75, 3.05) is 13.2 Å². The lowest BCUT2D eigenvalue weighted by atomic mass is 9.91. The number of hydrogen-bond donors (Lipinski definition) is 1. The van der Waals surface area contributed by atoms with Gasteiger partial charge in [-0.2, -0.15) is 0 Å². The van der Waals surface area contributed by atoms with E-state index in [1.807, 2.05) is 0 Å². The normalized spacial score (nSPS) is 27.5. The SMILES string of the molecule is CCNC(c1ccc2c(c1)CCC2)C1OCCC1C. The second-order valence-corrected chi connectivity index (χ2v) is 6.02. The minimum absolute atomic E-state index is 0.333. The van der Waals surface area contributed by atoms with Crippen molar-refractivity contribution in [1.29, 1.82) is 0 Å². The van der Waals surface area contributed by atoms with Gasteiger partial charge < -0.3 is 10.1 Å². The molecule has 19 heavy (non-hydrogen) atoms. The van der Waals surface area contributed by atoms with E-state index >= 15 is 0 Å². The molecule has 3 atom stereocenters. The standard InChI is InChI=1S/C17H25NO/c1-3-18-16(17-12(2)9-10-19-17)15-8-7-13-5-4-6-14(13)11-15/h7-8,11-12,16-18H,3-6,9-10H2,1-2H3. The lowest BCUT2D eigenvalue weighted by molar-refractivity contribution is 0.0612. The van der Waals surface area contributed by atoms with Gasteiger partial charge in [-0.3, -0.25) is 0 Å². The molecule has 1 aliphatic heterocycles. The highest BCUT2D eigenvalue weighted by Crippen LogP contribution is 2.33. The zero-order valence-electron chi connectivity index (χ0n) is 12.1. The van der Waals surface area contributed by atoms with E-state index < -0.39 is 0 Å². The monoisotopic (exact) mass is 259 g/mol. The first-order valence-corrected chi connectivity index (χ1v) is 7.76. The van der Waals surface area contributed by atoms with Crippen LogP contribution < -0.4 is 5.32 Å². The zero-order valence-corrected chi connectivity index (χ0v) is 12.1. The summed E-state index contributed by atoms with van der Waals surface area (Å²) in [5.41, 5.74) is 4.53. The van der Waals surface area contributed by atoms with Gasteiger partial charge in [0.2, 0.25) is 0 Å². The first-order valence-electron chi connectivity index (χ1n) is 7.76. The maximum absolute atomic E-state index is 5.99. The summed E-state index contributed by atoms with van der Waals surface area (Å²) in [7, 11) is 0. The van der Waals surface area contributed by atoms with Crippen LogP contribution in [0, 0.1) is 5.92 Å². The van der Waals surface area contributed by atoms with E-state index in [4.69, 9.17) is 4.74 Å². The van der Waals surface area contributed by atoms with Crippen molar-refractivity contribution in [2.24, 2.45) is 5.92 Å². The highest BCUT2D eigenvalue weighted by Gasteiger charge is 2.32. The number of benzene rings is 1. The van der Waals surface area contributed by atoms with E-state index in [0.717, 1.165) is 13.2 Å². The molecule has 2 heteroatoms. The Morgan fingerprint density at radius 1 is 1.32 bits per heavy atom. The van der Waals surface area contributed by atoms with Crippen molar-refractivity contribution >= 4 is 0 Å². The van der Waals surface area contributed by atoms with Gasteiger partial charge in [-0.25, -0.2) is 0 Å². The minimum atomic E-state index is 0.333. The number of nitrogens with one attached hydrogen (secondary N) is 1. The average molecular weight is 259 g/mol. The first kappa shape index (κ1) is 13.1. The fourth-order valence-electron chi connectivity index (χ4n) is 3.57. The zero-order chi connectivity index (χ0) is 13.2. The predicted molar refractivity (Wildman–Crippen MR) is 78.4 cm³/mol. The Kier molecular flexibility index (Phi) is 3.90. The highest BCUT2D eigenvalue weighted by molar-refractivity contribution is 5.37. The molecule has 1 N–H and O–H groups in total. The van der Waals surface area contributed by atoms with Crippen molar-refractivity contribution in [3.63, 3.8) is 0 Å². The van der Waals surface area contributed by atoms with Gasteiger partial charge >= 0.3 is 0 Å². The lowest BCUT2D eigenvalue weighted by Crippen LogP contribution is -2.34. The summed E-state index contributed by atoms with van der Waals surface area (Å²) in [5.74, 6) is 0.650. The molecule has 3 unspecified atom stereocenters. The van der Waals surface area contributed by atoms with Gasteiger partial charge in [-0.1, -0.05) is 32.0 Å². The van der Waals surface area contributed by atoms with Crippen LogP contribution in [0.5, 0.6) is 0 Å². The molecule has 0 amide bonds. The van der Waals surface area contributed by atoms with Crippen molar-refractivity contribution < 1.29 is 4.74 Å². The summed E-state index contributed by atoms with van der Waals surface area (Å²) in [6.45, 7) is 6.41. The molecule has 1 aromatic carbocycles. The second kappa shape index (κ2) is 5.64. The Balaban J connectivity index is 1.87. The molecule has 0 aromatic heterocycles. The Morgan fingerprint density at radius 3 is 2.89 bits per heavy atom. The van der Waals surface area contributed by atoms with E-state index in [2.05, 4.69) is 37.4 Å². The molecule has 1 fully saturated rings. The molecule has 0 bridgehead atoms. The number of fused-ring (bicyclic) bond motifs is 1. The van der Waals surface area contributed by atoms with Crippen molar-refractivity contribution in [3.8, 4) is 0 Å². The smallest absolute Gasteiger partial charge is 0.0795 e. The Labute approximate surface area is 116 Å². The van der Waals surface area contributed by atoms with E-state index in [-0.39, 0.29) is 0 Å². The number of aryl methyl sites for hydroxylation is 2. The number of likely N-dealkylation sites (N-methyl/N-ethyl adjacent to an activating group) is 1. The quantitative estimate of drug-likeness (QED) is 0.896. The number of ether oxygens (including phenoxy) is 1. The molecule has 3 rings (SSSR count). The summed E-state index contributed by atoms with van der Waals surface area (Å²) in [6.07, 6.45) is 5.36. The fourth-order valence-corrected chi connectivity index (χ4v) is 3.57. The summed E-state index contributed by atoms with van der Waals surface area (Å²) in [4.78, 5) is 0. The van der Waals surface area contributed by atoms with Crippen LogP contribution in [0.2, 0.25) is 0 Å². The Morgan fingerprint density at radius 2 is 2.16 bits per heavy atom. The van der Waals surface area contributed by atoms with Crippen LogP contribution in [0.15, 0.2) is 18.2 Å². The molecule has 1 aliphatic carbocycles. The number of hydrogen-bond acceptors (Lipinski definition) is 2. The van der Waals surface area contributed by atoms with Crippen LogP contribution in [0.1, 0.15) is 49.4 Å². The van der Waals surface area contributed by atoms with Crippen molar-refractivity contribution in [2.45, 2.75) is 51.7 Å². The average Bonchev–Trinajstić information content (AvgIpc) is 3.03. The molecule has 0 radical (unpaired) electrons. The molecule has 2 nitrogen and oxygen atoms in total. The molecule has 1 saturated heterocycles. The maximum atomic E-state index is 5.99. The Hall–Kier alpha value is -0.860. The molecule has 1 heterocycles. The van der Waals surface area contributed by atoms with E-state index in [0.29, 0.717) is 18.1 Å². The fraction of sp³-hybridized carbons (Fsp3) is 0.647. The summed E-state index contributed by atoms with van der Waals surface area (Å²) in [5, 5.41) is 3.64. The van der Waals surface area contributed by atoms with Crippen LogP contribution in [-0.2, 0) is 17.6 Å². The summed E-state index contributed by atoms with van der Waals surface area (Å²) >= 11 is 0. The molecule has 0 saturated carbocycles. The van der Waals surface area contributed by atoms with Gasteiger partial charge in [0.15, 0.2) is 0 Å². The van der Waals surface area contributed by atoms with Gasteiger partial charge in [-0.15, -0.1) is 0 Å². The lowest BCUT2D eigenvalue weighted by Gasteiger charge is -2.27. The first-order chi connectivity index (χ1) is 9.29. The molecular weight excluding hydrogens is 234 g/mol. The van der Waals surface area contributed by atoms with Crippen LogP contribution in [0.4, 0.5) is 0 Å². The van der Waals surface area contributed by atoms with Crippen molar-refractivity contribution in [3.05, 3.63) is 34.9 Å². The predicted octanol–water partition coefficient (Wildman–Crippen LogP) is 3.25. The third kappa shape index (κ3) is 2.56. The van der Waals surface area contributed by atoms with E-state index in [1.165, 1.54) is 31.2 Å². The van der Waals surface area contributed by atoms with E-state index in [9.17, 15) is 0 Å². The van der Waals surface area contributed by atoms with Gasteiger partial charge in [0.05, 0.1) is 12.1 Å². The van der Waals surface area contributed by atoms with Gasteiger partial charge in [-0.05, 0) is 54.8 Å². The molecule has 1 aromatic rings. The summed E-state index contributed by atoms with van der Waals surface area (Å²) < 4.78 is 5.99. The van der Waals surface area contributed by atoms with E-state index in [1.54, 1.807) is 11.1 Å². The highest BCUT2D eigenvalue weighted by atomic mass is 16.5. The van der Waals surface area contributed by atoms with Crippen LogP contribution in [0.25, 0.3) is 0 Å². The Bertz CT molecular complexity index is 443. The topological polar surface area (TPSA) is 21.3 Å². The van der Waals surface area contributed by atoms with Gasteiger partial charge in [0.1, 0.15) is 0 Å². The van der Waals surface area contributed by atoms with Crippen LogP contribution in [0.3, 0.4) is 0 Å². The minimum Gasteiger partial charge on any atom is -0.376 e. The third-order valence-corrected chi connectivity index (χ3v) is 4.68. The molecule has 104 valence electrons. The van der Waals surface area contributed by atoms with Gasteiger partial charge in [0, 0.05) is 6.61 Å². The molecular formula is C17H25NO.